The highest BCUT2D eigenvalue weighted by Crippen LogP contribution is 2.39. The Morgan fingerprint density at radius 3 is 2.74 bits per heavy atom. The largest absolute Gasteiger partial charge is 0.494 e. The van der Waals surface area contributed by atoms with Crippen molar-refractivity contribution in [1.29, 1.82) is 0 Å². The zero-order chi connectivity index (χ0) is 31.7. The Morgan fingerprint density at radius 2 is 1.96 bits per heavy atom. The fraction of sp³-hybridized carbons (Fsp3) is 0.371. The number of piperidine rings is 1. The molecule has 236 valence electrons. The van der Waals surface area contributed by atoms with Crippen molar-refractivity contribution in [2.75, 3.05) is 25.5 Å². The van der Waals surface area contributed by atoms with Crippen molar-refractivity contribution in [2.24, 2.45) is 18.7 Å². The molecule has 3 aromatic heterocycles. The van der Waals surface area contributed by atoms with Crippen LogP contribution in [0.4, 0.5) is 10.2 Å². The number of likely N-dealkylation sites (tertiary alicyclic amines) is 1. The number of aryl methyl sites for hydroxylation is 2. The second-order valence-electron chi connectivity index (χ2n) is 13.0. The zero-order valence-corrected chi connectivity index (χ0v) is 25.9. The minimum absolute atomic E-state index is 0.00339. The van der Waals surface area contributed by atoms with Crippen molar-refractivity contribution in [1.82, 2.24) is 24.0 Å². The van der Waals surface area contributed by atoms with E-state index in [1.54, 1.807) is 19.2 Å². The molecule has 1 aliphatic carbocycles. The highest BCUT2D eigenvalue weighted by atomic mass is 19.1. The molecule has 0 radical (unpaired) electrons. The quantitative estimate of drug-likeness (QED) is 0.273. The van der Waals surface area contributed by atoms with Gasteiger partial charge >= 0.3 is 0 Å². The van der Waals surface area contributed by atoms with Crippen molar-refractivity contribution in [3.8, 4) is 28.4 Å². The number of pyridine rings is 1. The molecule has 0 spiro atoms. The number of fused-ring (bicyclic) bond motifs is 3. The Bertz CT molecular complexity index is 2040. The Balaban J connectivity index is 1.21. The van der Waals surface area contributed by atoms with Crippen LogP contribution in [0.25, 0.3) is 44.6 Å². The second-order valence-corrected chi connectivity index (χ2v) is 13.0. The van der Waals surface area contributed by atoms with Gasteiger partial charge in [-0.25, -0.2) is 14.4 Å². The number of methoxy groups -OCH3 is 1. The predicted molar refractivity (Wildman–Crippen MR) is 174 cm³/mol. The number of imidazole rings is 1. The lowest BCUT2D eigenvalue weighted by Gasteiger charge is -2.33. The van der Waals surface area contributed by atoms with Crippen LogP contribution in [0.1, 0.15) is 41.6 Å². The van der Waals surface area contributed by atoms with Crippen LogP contribution >= 0.6 is 0 Å². The van der Waals surface area contributed by atoms with E-state index in [4.69, 9.17) is 15.5 Å². The van der Waals surface area contributed by atoms with E-state index >= 15 is 0 Å². The van der Waals surface area contributed by atoms with Crippen LogP contribution in [0.5, 0.6) is 5.75 Å². The molecule has 0 unspecified atom stereocenters. The van der Waals surface area contributed by atoms with Gasteiger partial charge in [-0.2, -0.15) is 0 Å². The van der Waals surface area contributed by atoms with Crippen LogP contribution < -0.4 is 15.8 Å². The number of benzene rings is 2. The van der Waals surface area contributed by atoms with Gasteiger partial charge in [0.05, 0.1) is 24.9 Å². The average Bonchev–Trinajstić information content (AvgIpc) is 3.72. The first-order chi connectivity index (χ1) is 22.2. The minimum Gasteiger partial charge on any atom is -0.494 e. The third kappa shape index (κ3) is 4.99. The summed E-state index contributed by atoms with van der Waals surface area (Å²) in [5.74, 6) is 2.28. The summed E-state index contributed by atoms with van der Waals surface area (Å²) < 4.78 is 24.5. The topological polar surface area (TPSA) is 120 Å². The lowest BCUT2D eigenvalue weighted by atomic mass is 10.0. The molecule has 46 heavy (non-hydrogen) atoms. The van der Waals surface area contributed by atoms with Gasteiger partial charge in [0.15, 0.2) is 5.82 Å². The number of nitrogens with zero attached hydrogens (tertiary/aromatic N) is 5. The molecule has 2 fully saturated rings. The molecule has 2 atom stereocenters. The van der Waals surface area contributed by atoms with Gasteiger partial charge in [0.1, 0.15) is 23.3 Å². The molecule has 3 N–H and O–H groups in total. The number of anilines is 1. The van der Waals surface area contributed by atoms with Gasteiger partial charge in [-0.3, -0.25) is 9.59 Å². The maximum Gasteiger partial charge on any atom is 0.254 e. The monoisotopic (exact) mass is 621 g/mol. The third-order valence-electron chi connectivity index (χ3n) is 9.57. The highest BCUT2D eigenvalue weighted by Gasteiger charge is 2.30. The standard InChI is InChI=1S/C35H36FN7O3/c1-41-32-27(10-23(13-30(32)46-2)35(45)42-17-25(36)14-26(37)18-42)39-34(41)29-12-21-6-5-20(11-28(21)43(29)16-19-3-4-19)24-9-22-7-8-31(44)40-33(22)38-15-24/h5-6,9-13,15,19,25-26H,3-4,7-8,14,16-18,37H2,1-2H3,(H,38,40,44)/t25-,26-/m1/s1. The molecule has 2 aromatic carbocycles. The van der Waals surface area contributed by atoms with E-state index in [9.17, 15) is 14.0 Å². The van der Waals surface area contributed by atoms with Crippen LogP contribution in [0.15, 0.2) is 48.7 Å². The number of rotatable bonds is 6. The van der Waals surface area contributed by atoms with Gasteiger partial charge in [-0.05, 0) is 73.1 Å². The summed E-state index contributed by atoms with van der Waals surface area (Å²) in [5, 5.41) is 3.97. The van der Waals surface area contributed by atoms with Gasteiger partial charge in [0.2, 0.25) is 5.91 Å². The highest BCUT2D eigenvalue weighted by molar-refractivity contribution is 6.00. The number of nitrogens with two attached hydrogens (primary N) is 1. The molecule has 8 rings (SSSR count). The number of carbonyl (C=O) groups excluding carboxylic acids is 2. The lowest BCUT2D eigenvalue weighted by molar-refractivity contribution is -0.116. The van der Waals surface area contributed by atoms with Crippen LogP contribution in [0.3, 0.4) is 0 Å². The molecular formula is C35H36FN7O3. The second kappa shape index (κ2) is 10.9. The Labute approximate surface area is 265 Å². The fourth-order valence-electron chi connectivity index (χ4n) is 7.03. The smallest absolute Gasteiger partial charge is 0.254 e. The van der Waals surface area contributed by atoms with Gasteiger partial charge < -0.3 is 29.8 Å². The van der Waals surface area contributed by atoms with E-state index < -0.39 is 6.17 Å². The predicted octanol–water partition coefficient (Wildman–Crippen LogP) is 5.07. The first-order valence-corrected chi connectivity index (χ1v) is 15.9. The van der Waals surface area contributed by atoms with E-state index in [1.165, 1.54) is 17.7 Å². The van der Waals surface area contributed by atoms with E-state index in [2.05, 4.69) is 45.2 Å². The molecule has 11 heteroatoms. The summed E-state index contributed by atoms with van der Waals surface area (Å²) in [6.07, 6.45) is 4.48. The number of hydrogen-bond donors (Lipinski definition) is 2. The van der Waals surface area contributed by atoms with Crippen LogP contribution in [-0.2, 0) is 24.8 Å². The average molecular weight is 622 g/mol. The van der Waals surface area contributed by atoms with E-state index in [1.807, 2.05) is 17.8 Å². The van der Waals surface area contributed by atoms with Gasteiger partial charge in [0.25, 0.3) is 5.91 Å². The number of hydrogen-bond acceptors (Lipinski definition) is 6. The Kier molecular flexibility index (Phi) is 6.82. The third-order valence-corrected chi connectivity index (χ3v) is 9.57. The molecule has 5 heterocycles. The molecule has 5 aromatic rings. The lowest BCUT2D eigenvalue weighted by Crippen LogP contribution is -2.50. The fourth-order valence-corrected chi connectivity index (χ4v) is 7.03. The van der Waals surface area contributed by atoms with Crippen LogP contribution in [0.2, 0.25) is 0 Å². The van der Waals surface area contributed by atoms with Crippen molar-refractivity contribution in [3.63, 3.8) is 0 Å². The molecule has 1 saturated heterocycles. The van der Waals surface area contributed by atoms with Gasteiger partial charge in [-0.15, -0.1) is 0 Å². The van der Waals surface area contributed by atoms with E-state index in [-0.39, 0.29) is 30.8 Å². The summed E-state index contributed by atoms with van der Waals surface area (Å²) in [6.45, 7) is 1.22. The summed E-state index contributed by atoms with van der Waals surface area (Å²) in [4.78, 5) is 36.4. The maximum absolute atomic E-state index is 14.3. The molecule has 10 nitrogen and oxygen atoms in total. The number of amides is 2. The molecular weight excluding hydrogens is 585 g/mol. The molecule has 0 bridgehead atoms. The normalized spacial score (nSPS) is 19.8. The number of nitrogens with one attached hydrogen (secondary N) is 1. The van der Waals surface area contributed by atoms with E-state index in [0.717, 1.165) is 51.2 Å². The van der Waals surface area contributed by atoms with Crippen molar-refractivity contribution < 1.29 is 18.7 Å². The van der Waals surface area contributed by atoms with Crippen LogP contribution in [0, 0.1) is 5.92 Å². The number of alkyl halides is 1. The number of carbonyl (C=O) groups is 2. The summed E-state index contributed by atoms with van der Waals surface area (Å²) >= 11 is 0. The van der Waals surface area contributed by atoms with Gasteiger partial charge in [-0.1, -0.05) is 12.1 Å². The number of aromatic nitrogens is 4. The van der Waals surface area contributed by atoms with Crippen molar-refractivity contribution >= 4 is 39.6 Å². The minimum atomic E-state index is -1.14. The van der Waals surface area contributed by atoms with E-state index in [0.29, 0.717) is 48.0 Å². The number of halogens is 1. The van der Waals surface area contributed by atoms with Crippen molar-refractivity contribution in [2.45, 2.75) is 50.9 Å². The molecule has 2 amide bonds. The zero-order valence-electron chi connectivity index (χ0n) is 25.9. The van der Waals surface area contributed by atoms with Crippen molar-refractivity contribution in [3.05, 3.63) is 59.8 Å². The maximum atomic E-state index is 14.3. The first-order valence-electron chi connectivity index (χ1n) is 15.9. The molecule has 2 aliphatic heterocycles. The van der Waals surface area contributed by atoms with Crippen LogP contribution in [-0.4, -0.2) is 68.2 Å². The Morgan fingerprint density at radius 1 is 1.11 bits per heavy atom. The first kappa shape index (κ1) is 28.7. The number of ether oxygens (including phenoxy) is 1. The SMILES string of the molecule is COc1cc(C(=O)N2C[C@H](N)C[C@@H](F)C2)cc2nc(-c3cc4ccc(-c5cnc6c(c5)CCC(=O)N6)cc4n3CC3CC3)n(C)c12. The summed E-state index contributed by atoms with van der Waals surface area (Å²) in [6, 6.07) is 13.9. The van der Waals surface area contributed by atoms with Gasteiger partial charge in [0, 0.05) is 60.8 Å². The molecule has 1 saturated carbocycles. The summed E-state index contributed by atoms with van der Waals surface area (Å²) in [7, 11) is 3.55. The Hall–Kier alpha value is -4.77. The summed E-state index contributed by atoms with van der Waals surface area (Å²) in [5.41, 5.74) is 13.1. The molecule has 3 aliphatic rings.